The first-order valence-electron chi connectivity index (χ1n) is 10.2. The second kappa shape index (κ2) is 8.47. The lowest BCUT2D eigenvalue weighted by atomic mass is 9.95. The molecule has 2 N–H and O–H groups in total. The number of H-pyrrole nitrogens is 1. The average molecular weight is 439 g/mol. The predicted octanol–water partition coefficient (Wildman–Crippen LogP) is 5.05. The highest BCUT2D eigenvalue weighted by Gasteiger charge is 2.46. The van der Waals surface area contributed by atoms with E-state index in [0.29, 0.717) is 25.3 Å². The van der Waals surface area contributed by atoms with Crippen molar-refractivity contribution in [1.82, 2.24) is 9.88 Å². The molecule has 2 aromatic carbocycles. The quantitative estimate of drug-likeness (QED) is 0.320. The molecule has 7 heteroatoms. The topological polar surface area (TPSA) is 82.6 Å². The monoisotopic (exact) mass is 438 g/mol. The molecule has 0 aliphatic carbocycles. The molecular formula is C24H23ClN2O4. The van der Waals surface area contributed by atoms with E-state index >= 15 is 0 Å². The van der Waals surface area contributed by atoms with Gasteiger partial charge < -0.3 is 19.7 Å². The van der Waals surface area contributed by atoms with Gasteiger partial charge in [-0.2, -0.15) is 0 Å². The summed E-state index contributed by atoms with van der Waals surface area (Å²) in [5.74, 6) is -1.14. The Morgan fingerprint density at radius 2 is 1.97 bits per heavy atom. The number of benzene rings is 2. The summed E-state index contributed by atoms with van der Waals surface area (Å²) in [6.45, 7) is 4.62. The number of carbonyl (C=O) groups excluding carboxylic acids is 2. The third-order valence-corrected chi connectivity index (χ3v) is 5.75. The van der Waals surface area contributed by atoms with E-state index in [-0.39, 0.29) is 21.9 Å². The Balaban J connectivity index is 1.95. The largest absolute Gasteiger partial charge is 0.507 e. The first kappa shape index (κ1) is 21.0. The van der Waals surface area contributed by atoms with Crippen LogP contribution in [0.3, 0.4) is 0 Å². The molecule has 0 saturated carbocycles. The molecule has 2 heterocycles. The third kappa shape index (κ3) is 3.57. The molecule has 1 saturated heterocycles. The van der Waals surface area contributed by atoms with Gasteiger partial charge in [-0.3, -0.25) is 9.59 Å². The first-order chi connectivity index (χ1) is 15.0. The Morgan fingerprint density at radius 1 is 1.19 bits per heavy atom. The van der Waals surface area contributed by atoms with Gasteiger partial charge in [-0.1, -0.05) is 36.7 Å². The molecule has 1 aliphatic rings. The summed E-state index contributed by atoms with van der Waals surface area (Å²) in [5.41, 5.74) is 1.92. The highest BCUT2D eigenvalue weighted by molar-refractivity contribution is 6.47. The van der Waals surface area contributed by atoms with E-state index in [0.717, 1.165) is 16.5 Å². The molecule has 1 unspecified atom stereocenters. The molecule has 1 aliphatic heterocycles. The van der Waals surface area contributed by atoms with Crippen LogP contribution in [0.25, 0.3) is 16.7 Å². The molecule has 160 valence electrons. The summed E-state index contributed by atoms with van der Waals surface area (Å²) in [4.78, 5) is 30.7. The van der Waals surface area contributed by atoms with Crippen LogP contribution in [0.15, 0.2) is 54.2 Å². The van der Waals surface area contributed by atoms with Gasteiger partial charge in [0.25, 0.3) is 11.7 Å². The van der Waals surface area contributed by atoms with Crippen molar-refractivity contribution >= 4 is 40.0 Å². The second-order valence-corrected chi connectivity index (χ2v) is 7.76. The summed E-state index contributed by atoms with van der Waals surface area (Å²) < 4.78 is 5.52. The maximum Gasteiger partial charge on any atom is 0.295 e. The van der Waals surface area contributed by atoms with Crippen LogP contribution in [-0.4, -0.2) is 39.8 Å². The van der Waals surface area contributed by atoms with E-state index in [1.165, 1.54) is 4.90 Å². The summed E-state index contributed by atoms with van der Waals surface area (Å²) in [6.07, 6.45) is 2.46. The van der Waals surface area contributed by atoms with E-state index in [1.54, 1.807) is 24.4 Å². The standard InChI is InChI=1S/C24H23ClN2O4/c1-3-11-27-21(17-13-26-19-8-6-5-7-15(17)19)20(23(29)24(27)30)22(28)16-12-14(31-4-2)9-10-18(16)25/h5-10,12-13,21,26,28H,3-4,11H2,1-2H3/b22-20+. The summed E-state index contributed by atoms with van der Waals surface area (Å²) >= 11 is 6.35. The van der Waals surface area contributed by atoms with E-state index < -0.39 is 17.7 Å². The smallest absolute Gasteiger partial charge is 0.295 e. The van der Waals surface area contributed by atoms with Crippen LogP contribution in [0.1, 0.15) is 37.4 Å². The molecule has 1 amide bonds. The summed E-state index contributed by atoms with van der Waals surface area (Å²) in [7, 11) is 0. The van der Waals surface area contributed by atoms with Crippen LogP contribution < -0.4 is 4.74 Å². The number of aliphatic hydroxyl groups excluding tert-OH is 1. The number of para-hydroxylation sites is 1. The lowest BCUT2D eigenvalue weighted by Crippen LogP contribution is -2.30. The van der Waals surface area contributed by atoms with Gasteiger partial charge >= 0.3 is 0 Å². The normalized spacial score (nSPS) is 18.2. The maximum atomic E-state index is 13.1. The number of aliphatic hydroxyl groups is 1. The van der Waals surface area contributed by atoms with Gasteiger partial charge in [0.15, 0.2) is 0 Å². The summed E-state index contributed by atoms with van der Waals surface area (Å²) in [5, 5.41) is 12.4. The average Bonchev–Trinajstić information content (AvgIpc) is 3.29. The molecule has 0 bridgehead atoms. The molecule has 0 spiro atoms. The number of Topliss-reactive ketones (excluding diaryl/α,β-unsaturated/α-hetero) is 1. The van der Waals surface area contributed by atoms with Gasteiger partial charge in [0.1, 0.15) is 11.5 Å². The number of carbonyl (C=O) groups is 2. The van der Waals surface area contributed by atoms with Crippen LogP contribution in [-0.2, 0) is 9.59 Å². The van der Waals surface area contributed by atoms with E-state index in [1.807, 2.05) is 38.1 Å². The molecule has 4 rings (SSSR count). The molecule has 1 fully saturated rings. The van der Waals surface area contributed by atoms with E-state index in [9.17, 15) is 14.7 Å². The van der Waals surface area contributed by atoms with Crippen LogP contribution >= 0.6 is 11.6 Å². The van der Waals surface area contributed by atoms with Crippen molar-refractivity contribution < 1.29 is 19.4 Å². The number of rotatable bonds is 6. The van der Waals surface area contributed by atoms with E-state index in [4.69, 9.17) is 16.3 Å². The fourth-order valence-electron chi connectivity index (χ4n) is 4.08. The Morgan fingerprint density at radius 3 is 2.71 bits per heavy atom. The van der Waals surface area contributed by atoms with Crippen LogP contribution in [0.5, 0.6) is 5.75 Å². The Kier molecular flexibility index (Phi) is 5.74. The van der Waals surface area contributed by atoms with Crippen molar-refractivity contribution in [2.45, 2.75) is 26.3 Å². The number of halogens is 1. The molecule has 1 atom stereocenters. The molecular weight excluding hydrogens is 416 g/mol. The lowest BCUT2D eigenvalue weighted by molar-refractivity contribution is -0.139. The third-order valence-electron chi connectivity index (χ3n) is 5.42. The van der Waals surface area contributed by atoms with Crippen LogP contribution in [0.2, 0.25) is 5.02 Å². The number of ketones is 1. The van der Waals surface area contributed by atoms with Gasteiger partial charge in [0.2, 0.25) is 0 Å². The van der Waals surface area contributed by atoms with Gasteiger partial charge in [0, 0.05) is 34.8 Å². The number of amides is 1. The minimum atomic E-state index is -0.723. The van der Waals surface area contributed by atoms with Crippen molar-refractivity contribution in [1.29, 1.82) is 0 Å². The van der Waals surface area contributed by atoms with Crippen molar-refractivity contribution in [3.8, 4) is 5.75 Å². The van der Waals surface area contributed by atoms with Crippen molar-refractivity contribution in [2.24, 2.45) is 0 Å². The van der Waals surface area contributed by atoms with E-state index in [2.05, 4.69) is 4.98 Å². The van der Waals surface area contributed by atoms with Gasteiger partial charge in [-0.25, -0.2) is 0 Å². The molecule has 3 aromatic rings. The lowest BCUT2D eigenvalue weighted by Gasteiger charge is -2.24. The number of hydrogen-bond acceptors (Lipinski definition) is 4. The fraction of sp³-hybridized carbons (Fsp3) is 0.250. The number of aromatic nitrogens is 1. The molecule has 1 aromatic heterocycles. The van der Waals surface area contributed by atoms with Gasteiger partial charge in [-0.05, 0) is 37.6 Å². The highest BCUT2D eigenvalue weighted by atomic mass is 35.5. The zero-order valence-corrected chi connectivity index (χ0v) is 18.1. The Hall–Kier alpha value is -3.25. The Bertz CT molecular complexity index is 1200. The first-order valence-corrected chi connectivity index (χ1v) is 10.6. The number of likely N-dealkylation sites (tertiary alicyclic amines) is 1. The number of nitrogens with zero attached hydrogens (tertiary/aromatic N) is 1. The van der Waals surface area contributed by atoms with Crippen LogP contribution in [0.4, 0.5) is 0 Å². The minimum Gasteiger partial charge on any atom is -0.507 e. The minimum absolute atomic E-state index is 0.0266. The SMILES string of the molecule is CCCN1C(=O)C(=O)/C(=C(/O)c2cc(OCC)ccc2Cl)C1c1c[nH]c2ccccc12. The number of nitrogens with one attached hydrogen (secondary N) is 1. The molecule has 31 heavy (non-hydrogen) atoms. The van der Waals surface area contributed by atoms with Crippen molar-refractivity contribution in [2.75, 3.05) is 13.2 Å². The number of aromatic amines is 1. The zero-order valence-electron chi connectivity index (χ0n) is 17.3. The maximum absolute atomic E-state index is 13.1. The number of ether oxygens (including phenoxy) is 1. The molecule has 6 nitrogen and oxygen atoms in total. The van der Waals surface area contributed by atoms with Crippen molar-refractivity contribution in [3.05, 3.63) is 70.4 Å². The van der Waals surface area contributed by atoms with Crippen LogP contribution in [0, 0.1) is 0 Å². The Labute approximate surface area is 185 Å². The van der Waals surface area contributed by atoms with Gasteiger partial charge in [-0.15, -0.1) is 0 Å². The number of hydrogen-bond donors (Lipinski definition) is 2. The second-order valence-electron chi connectivity index (χ2n) is 7.36. The van der Waals surface area contributed by atoms with Crippen molar-refractivity contribution in [3.63, 3.8) is 0 Å². The zero-order chi connectivity index (χ0) is 22.1. The van der Waals surface area contributed by atoms with Gasteiger partial charge in [0.05, 0.1) is 23.2 Å². The number of fused-ring (bicyclic) bond motifs is 1. The summed E-state index contributed by atoms with van der Waals surface area (Å²) in [6, 6.07) is 11.8. The predicted molar refractivity (Wildman–Crippen MR) is 120 cm³/mol. The fourth-order valence-corrected chi connectivity index (χ4v) is 4.29. The molecule has 0 radical (unpaired) electrons. The highest BCUT2D eigenvalue weighted by Crippen LogP contribution is 2.43.